The van der Waals surface area contributed by atoms with Crippen molar-refractivity contribution in [1.82, 2.24) is 4.98 Å². The molecule has 0 fully saturated rings. The second kappa shape index (κ2) is 3.79. The van der Waals surface area contributed by atoms with Crippen LogP contribution in [0, 0.1) is 0 Å². The van der Waals surface area contributed by atoms with Gasteiger partial charge in [-0.15, -0.1) is 0 Å². The van der Waals surface area contributed by atoms with Crippen LogP contribution >= 0.6 is 23.2 Å². The fourth-order valence-corrected chi connectivity index (χ4v) is 1.23. The van der Waals surface area contributed by atoms with E-state index in [-0.39, 0.29) is 0 Å². The van der Waals surface area contributed by atoms with Crippen LogP contribution in [0.3, 0.4) is 0 Å². The van der Waals surface area contributed by atoms with Crippen molar-refractivity contribution < 1.29 is 0 Å². The van der Waals surface area contributed by atoms with E-state index in [1.807, 2.05) is 6.92 Å². The number of rotatable bonds is 2. The first-order valence-corrected chi connectivity index (χ1v) is 4.05. The van der Waals surface area contributed by atoms with Crippen LogP contribution in [-0.4, -0.2) is 11.5 Å². The van der Waals surface area contributed by atoms with E-state index in [1.165, 1.54) is 0 Å². The van der Waals surface area contributed by atoms with E-state index in [1.54, 1.807) is 12.1 Å². The Morgan fingerprint density at radius 2 is 1.91 bits per heavy atom. The highest BCUT2D eigenvalue weighted by molar-refractivity contribution is 6.32. The van der Waals surface area contributed by atoms with E-state index >= 15 is 0 Å². The van der Waals surface area contributed by atoms with Gasteiger partial charge in [0.2, 0.25) is 0 Å². The van der Waals surface area contributed by atoms with E-state index in [0.717, 1.165) is 12.2 Å². The average molecular weight is 191 g/mol. The molecule has 0 radical (unpaired) electrons. The fourth-order valence-electron chi connectivity index (χ4n) is 0.771. The Kier molecular flexibility index (Phi) is 2.97. The summed E-state index contributed by atoms with van der Waals surface area (Å²) in [4.78, 5) is 3.81. The summed E-state index contributed by atoms with van der Waals surface area (Å²) in [7, 11) is 0. The van der Waals surface area contributed by atoms with Crippen LogP contribution < -0.4 is 5.32 Å². The van der Waals surface area contributed by atoms with Crippen LogP contribution in [0.4, 0.5) is 5.69 Å². The van der Waals surface area contributed by atoms with Crippen LogP contribution in [-0.2, 0) is 0 Å². The van der Waals surface area contributed by atoms with Crippen molar-refractivity contribution in [2.75, 3.05) is 11.9 Å². The first-order valence-electron chi connectivity index (χ1n) is 3.29. The van der Waals surface area contributed by atoms with E-state index < -0.39 is 0 Å². The lowest BCUT2D eigenvalue weighted by molar-refractivity contribution is 1.20. The molecule has 0 aromatic carbocycles. The predicted octanol–water partition coefficient (Wildman–Crippen LogP) is 2.82. The summed E-state index contributed by atoms with van der Waals surface area (Å²) in [5.41, 5.74) is 0.900. The summed E-state index contributed by atoms with van der Waals surface area (Å²) in [6, 6.07) is 3.47. The van der Waals surface area contributed by atoms with E-state index in [9.17, 15) is 0 Å². The van der Waals surface area contributed by atoms with Crippen LogP contribution in [0.15, 0.2) is 12.1 Å². The van der Waals surface area contributed by atoms with Gasteiger partial charge < -0.3 is 5.32 Å². The largest absolute Gasteiger partial charge is 0.385 e. The molecular formula is C7H8Cl2N2. The minimum absolute atomic E-state index is 0.411. The fraction of sp³-hybridized carbons (Fsp3) is 0.286. The molecule has 0 spiro atoms. The number of nitrogens with one attached hydrogen (secondary N) is 1. The first kappa shape index (κ1) is 8.62. The molecule has 0 bridgehead atoms. The van der Waals surface area contributed by atoms with Gasteiger partial charge in [0.1, 0.15) is 10.3 Å². The third-order valence-electron chi connectivity index (χ3n) is 1.14. The summed E-state index contributed by atoms with van der Waals surface area (Å²) in [5, 5.41) is 3.90. The number of aromatic nitrogens is 1. The Morgan fingerprint density at radius 1 is 1.36 bits per heavy atom. The van der Waals surface area contributed by atoms with Crippen molar-refractivity contribution >= 4 is 28.9 Å². The SMILES string of the molecule is CCNc1cc(Cl)nc(Cl)c1. The molecular weight excluding hydrogens is 183 g/mol. The Balaban J connectivity index is 2.89. The first-order chi connectivity index (χ1) is 5.22. The Bertz CT molecular complexity index is 230. The van der Waals surface area contributed by atoms with E-state index in [0.29, 0.717) is 10.3 Å². The van der Waals surface area contributed by atoms with Crippen molar-refractivity contribution in [2.24, 2.45) is 0 Å². The highest BCUT2D eigenvalue weighted by Gasteiger charge is 1.96. The maximum atomic E-state index is 5.65. The zero-order chi connectivity index (χ0) is 8.27. The molecule has 0 amide bonds. The van der Waals surface area contributed by atoms with Gasteiger partial charge in [0.15, 0.2) is 0 Å². The number of hydrogen-bond acceptors (Lipinski definition) is 2. The van der Waals surface area contributed by atoms with Gasteiger partial charge in [-0.25, -0.2) is 4.98 Å². The Morgan fingerprint density at radius 3 is 2.36 bits per heavy atom. The lowest BCUT2D eigenvalue weighted by Gasteiger charge is -2.02. The molecule has 0 aliphatic carbocycles. The monoisotopic (exact) mass is 190 g/mol. The summed E-state index contributed by atoms with van der Waals surface area (Å²) in [6.07, 6.45) is 0. The maximum absolute atomic E-state index is 5.65. The molecule has 2 nitrogen and oxygen atoms in total. The van der Waals surface area contributed by atoms with Crippen molar-refractivity contribution in [3.8, 4) is 0 Å². The van der Waals surface area contributed by atoms with Gasteiger partial charge in [-0.05, 0) is 19.1 Å². The number of anilines is 1. The van der Waals surface area contributed by atoms with Gasteiger partial charge in [0, 0.05) is 12.2 Å². The summed E-state index contributed by atoms with van der Waals surface area (Å²) in [6.45, 7) is 2.85. The molecule has 4 heteroatoms. The summed E-state index contributed by atoms with van der Waals surface area (Å²) >= 11 is 11.3. The molecule has 11 heavy (non-hydrogen) atoms. The Labute approximate surface area is 75.5 Å². The van der Waals surface area contributed by atoms with Crippen LogP contribution in [0.1, 0.15) is 6.92 Å². The van der Waals surface area contributed by atoms with Gasteiger partial charge in [0.25, 0.3) is 0 Å². The number of nitrogens with zero attached hydrogens (tertiary/aromatic N) is 1. The number of halogens is 2. The molecule has 1 N–H and O–H groups in total. The number of hydrogen-bond donors (Lipinski definition) is 1. The Hall–Kier alpha value is -0.470. The molecule has 0 atom stereocenters. The molecule has 0 aliphatic rings. The second-order valence-electron chi connectivity index (χ2n) is 2.03. The quantitative estimate of drug-likeness (QED) is 0.727. The average Bonchev–Trinajstić information content (AvgIpc) is 1.85. The molecule has 1 aromatic heterocycles. The normalized spacial score (nSPS) is 9.73. The molecule has 0 saturated carbocycles. The van der Waals surface area contributed by atoms with Gasteiger partial charge in [-0.1, -0.05) is 23.2 Å². The lowest BCUT2D eigenvalue weighted by atomic mass is 10.4. The molecule has 60 valence electrons. The van der Waals surface area contributed by atoms with Gasteiger partial charge >= 0.3 is 0 Å². The zero-order valence-electron chi connectivity index (χ0n) is 6.06. The minimum atomic E-state index is 0.411. The number of pyridine rings is 1. The van der Waals surface area contributed by atoms with E-state index in [4.69, 9.17) is 23.2 Å². The van der Waals surface area contributed by atoms with Crippen LogP contribution in [0.5, 0.6) is 0 Å². The third kappa shape index (κ3) is 2.56. The standard InChI is InChI=1S/C7H8Cl2N2/c1-2-10-5-3-6(8)11-7(9)4-5/h3-4H,2H2,1H3,(H,10,11). The molecule has 1 rings (SSSR count). The smallest absolute Gasteiger partial charge is 0.132 e. The summed E-state index contributed by atoms with van der Waals surface area (Å²) < 4.78 is 0. The zero-order valence-corrected chi connectivity index (χ0v) is 7.58. The van der Waals surface area contributed by atoms with Crippen LogP contribution in [0.25, 0.3) is 0 Å². The maximum Gasteiger partial charge on any atom is 0.132 e. The van der Waals surface area contributed by atoms with E-state index in [2.05, 4.69) is 10.3 Å². The second-order valence-corrected chi connectivity index (χ2v) is 2.81. The highest BCUT2D eigenvalue weighted by atomic mass is 35.5. The van der Waals surface area contributed by atoms with Crippen molar-refractivity contribution in [3.63, 3.8) is 0 Å². The minimum Gasteiger partial charge on any atom is -0.385 e. The molecule has 0 aliphatic heterocycles. The van der Waals surface area contributed by atoms with Gasteiger partial charge in [-0.3, -0.25) is 0 Å². The topological polar surface area (TPSA) is 24.9 Å². The molecule has 0 saturated heterocycles. The van der Waals surface area contributed by atoms with Crippen molar-refractivity contribution in [1.29, 1.82) is 0 Å². The predicted molar refractivity (Wildman–Crippen MR) is 48.4 cm³/mol. The third-order valence-corrected chi connectivity index (χ3v) is 1.53. The van der Waals surface area contributed by atoms with Crippen LogP contribution in [0.2, 0.25) is 10.3 Å². The molecule has 1 aromatic rings. The van der Waals surface area contributed by atoms with Gasteiger partial charge in [-0.2, -0.15) is 0 Å². The molecule has 0 unspecified atom stereocenters. The molecule has 1 heterocycles. The lowest BCUT2D eigenvalue weighted by Crippen LogP contribution is -1.96. The van der Waals surface area contributed by atoms with Gasteiger partial charge in [0.05, 0.1) is 0 Å². The summed E-state index contributed by atoms with van der Waals surface area (Å²) in [5.74, 6) is 0. The van der Waals surface area contributed by atoms with Crippen molar-refractivity contribution in [3.05, 3.63) is 22.4 Å². The highest BCUT2D eigenvalue weighted by Crippen LogP contribution is 2.17. The van der Waals surface area contributed by atoms with Crippen molar-refractivity contribution in [2.45, 2.75) is 6.92 Å².